The van der Waals surface area contributed by atoms with Crippen molar-refractivity contribution in [1.29, 1.82) is 0 Å². The highest BCUT2D eigenvalue weighted by Crippen LogP contribution is 2.40. The van der Waals surface area contributed by atoms with Gasteiger partial charge in [-0.25, -0.2) is 0 Å². The van der Waals surface area contributed by atoms with Crippen LogP contribution in [-0.4, -0.2) is 39.9 Å². The van der Waals surface area contributed by atoms with Crippen LogP contribution in [0.1, 0.15) is 0 Å². The molecule has 2 amide bonds. The Labute approximate surface area is 155 Å². The lowest BCUT2D eigenvalue weighted by Gasteiger charge is -2.14. The zero-order valence-electron chi connectivity index (χ0n) is 15.0. The lowest BCUT2D eigenvalue weighted by Crippen LogP contribution is -2.29. The van der Waals surface area contributed by atoms with Crippen molar-refractivity contribution in [2.45, 2.75) is 0 Å². The van der Waals surface area contributed by atoms with E-state index in [1.807, 2.05) is 0 Å². The normalized spacial score (nSPS) is 11.5. The summed E-state index contributed by atoms with van der Waals surface area (Å²) < 4.78 is 26.1. The molecule has 0 fully saturated rings. The number of anilines is 2. The largest absolute Gasteiger partial charge is 0.493 e. The van der Waals surface area contributed by atoms with Crippen molar-refractivity contribution in [3.63, 3.8) is 0 Å². The van der Waals surface area contributed by atoms with Gasteiger partial charge in [0.25, 0.3) is 0 Å². The van der Waals surface area contributed by atoms with Gasteiger partial charge in [-0.05, 0) is 12.1 Å². The molecular weight excluding hydrogens is 356 g/mol. The van der Waals surface area contributed by atoms with Crippen molar-refractivity contribution in [3.05, 3.63) is 30.3 Å². The van der Waals surface area contributed by atoms with Crippen LogP contribution in [0.2, 0.25) is 0 Å². The first kappa shape index (κ1) is 18.2. The standard InChI is InChI=1S/C18H18N2O7/c1-23-14-7-11(8-15(24-2)16(14)25-3)20-18(22)17(21)19-10-4-5-12-13(6-10)27-9-26-12/h4-8H,9H2,1-3H3,(H,19,21)(H,20,22). The van der Waals surface area contributed by atoms with E-state index in [-0.39, 0.29) is 6.79 Å². The topological polar surface area (TPSA) is 104 Å². The molecule has 0 bridgehead atoms. The van der Waals surface area contributed by atoms with E-state index in [9.17, 15) is 9.59 Å². The van der Waals surface area contributed by atoms with E-state index in [1.165, 1.54) is 33.5 Å². The van der Waals surface area contributed by atoms with Crippen LogP contribution in [0.25, 0.3) is 0 Å². The monoisotopic (exact) mass is 374 g/mol. The molecule has 0 saturated heterocycles. The zero-order valence-corrected chi connectivity index (χ0v) is 15.0. The second-order valence-electron chi connectivity index (χ2n) is 5.39. The number of rotatable bonds is 5. The highest BCUT2D eigenvalue weighted by Gasteiger charge is 2.19. The van der Waals surface area contributed by atoms with Gasteiger partial charge in [0.15, 0.2) is 23.0 Å². The van der Waals surface area contributed by atoms with E-state index in [4.69, 9.17) is 23.7 Å². The molecule has 27 heavy (non-hydrogen) atoms. The number of methoxy groups -OCH3 is 3. The van der Waals surface area contributed by atoms with Crippen molar-refractivity contribution in [2.24, 2.45) is 0 Å². The van der Waals surface area contributed by atoms with Crippen LogP contribution in [0, 0.1) is 0 Å². The van der Waals surface area contributed by atoms with Crippen LogP contribution in [0.15, 0.2) is 30.3 Å². The van der Waals surface area contributed by atoms with Gasteiger partial charge in [-0.3, -0.25) is 9.59 Å². The first-order chi connectivity index (χ1) is 13.0. The van der Waals surface area contributed by atoms with Gasteiger partial charge in [-0.2, -0.15) is 0 Å². The molecule has 0 atom stereocenters. The van der Waals surface area contributed by atoms with Crippen molar-refractivity contribution in [2.75, 3.05) is 38.8 Å². The highest BCUT2D eigenvalue weighted by atomic mass is 16.7. The van der Waals surface area contributed by atoms with Crippen LogP contribution in [0.4, 0.5) is 11.4 Å². The highest BCUT2D eigenvalue weighted by molar-refractivity contribution is 6.43. The van der Waals surface area contributed by atoms with E-state index >= 15 is 0 Å². The summed E-state index contributed by atoms with van der Waals surface area (Å²) in [6.45, 7) is 0.119. The summed E-state index contributed by atoms with van der Waals surface area (Å²) in [5.74, 6) is 0.451. The molecule has 0 radical (unpaired) electrons. The summed E-state index contributed by atoms with van der Waals surface area (Å²) in [4.78, 5) is 24.4. The van der Waals surface area contributed by atoms with Crippen molar-refractivity contribution >= 4 is 23.2 Å². The van der Waals surface area contributed by atoms with Crippen molar-refractivity contribution in [1.82, 2.24) is 0 Å². The van der Waals surface area contributed by atoms with Gasteiger partial charge in [0.1, 0.15) is 0 Å². The minimum atomic E-state index is -0.859. The molecule has 0 aliphatic carbocycles. The number of fused-ring (bicyclic) bond motifs is 1. The van der Waals surface area contributed by atoms with Gasteiger partial charge < -0.3 is 34.3 Å². The Morgan fingerprint density at radius 2 is 1.41 bits per heavy atom. The molecule has 0 spiro atoms. The van der Waals surface area contributed by atoms with Crippen LogP contribution in [0.5, 0.6) is 28.7 Å². The van der Waals surface area contributed by atoms with Gasteiger partial charge in [0, 0.05) is 29.6 Å². The fourth-order valence-corrected chi connectivity index (χ4v) is 2.50. The predicted molar refractivity (Wildman–Crippen MR) is 95.9 cm³/mol. The van der Waals surface area contributed by atoms with Crippen LogP contribution >= 0.6 is 0 Å². The van der Waals surface area contributed by atoms with Gasteiger partial charge in [-0.15, -0.1) is 0 Å². The molecule has 1 aliphatic heterocycles. The van der Waals surface area contributed by atoms with Gasteiger partial charge in [0.05, 0.1) is 21.3 Å². The van der Waals surface area contributed by atoms with E-state index in [0.29, 0.717) is 40.1 Å². The molecule has 2 N–H and O–H groups in total. The number of hydrogen-bond acceptors (Lipinski definition) is 7. The maximum atomic E-state index is 12.2. The number of amides is 2. The minimum Gasteiger partial charge on any atom is -0.493 e. The summed E-state index contributed by atoms with van der Waals surface area (Å²) in [6, 6.07) is 7.88. The van der Waals surface area contributed by atoms with Gasteiger partial charge >= 0.3 is 11.8 Å². The van der Waals surface area contributed by atoms with E-state index < -0.39 is 11.8 Å². The lowest BCUT2D eigenvalue weighted by atomic mass is 10.2. The number of ether oxygens (including phenoxy) is 5. The number of nitrogens with one attached hydrogen (secondary N) is 2. The Morgan fingerprint density at radius 3 is 2.00 bits per heavy atom. The van der Waals surface area contributed by atoms with Crippen molar-refractivity contribution < 1.29 is 33.3 Å². The number of benzene rings is 2. The van der Waals surface area contributed by atoms with Crippen LogP contribution < -0.4 is 34.3 Å². The summed E-state index contributed by atoms with van der Waals surface area (Å²) in [7, 11) is 4.38. The molecule has 3 rings (SSSR count). The second kappa shape index (κ2) is 7.73. The number of carbonyl (C=O) groups is 2. The molecule has 0 aromatic heterocycles. The maximum absolute atomic E-state index is 12.2. The SMILES string of the molecule is COc1cc(NC(=O)C(=O)Nc2ccc3c(c2)OCO3)cc(OC)c1OC. The number of hydrogen-bond donors (Lipinski definition) is 2. The fraction of sp³-hybridized carbons (Fsp3) is 0.222. The van der Waals surface area contributed by atoms with E-state index in [0.717, 1.165) is 0 Å². The molecule has 1 aliphatic rings. The molecule has 9 nitrogen and oxygen atoms in total. The fourth-order valence-electron chi connectivity index (χ4n) is 2.50. The van der Waals surface area contributed by atoms with Crippen LogP contribution in [0.3, 0.4) is 0 Å². The quantitative estimate of drug-likeness (QED) is 0.772. The number of carbonyl (C=O) groups excluding carboxylic acids is 2. The van der Waals surface area contributed by atoms with Crippen molar-refractivity contribution in [3.8, 4) is 28.7 Å². The predicted octanol–water partition coefficient (Wildman–Crippen LogP) is 2.02. The summed E-state index contributed by atoms with van der Waals surface area (Å²) >= 11 is 0. The first-order valence-electron chi connectivity index (χ1n) is 7.87. The van der Waals surface area contributed by atoms with Gasteiger partial charge in [0.2, 0.25) is 12.5 Å². The third-order valence-electron chi connectivity index (χ3n) is 3.76. The Hall–Kier alpha value is -3.62. The Bertz CT molecular complexity index is 857. The average Bonchev–Trinajstić information content (AvgIpc) is 3.14. The molecule has 2 aromatic carbocycles. The average molecular weight is 374 g/mol. The molecule has 2 aromatic rings. The molecule has 0 saturated carbocycles. The summed E-state index contributed by atoms with van der Waals surface area (Å²) in [5, 5.41) is 4.99. The summed E-state index contributed by atoms with van der Waals surface area (Å²) in [5.41, 5.74) is 0.722. The lowest BCUT2D eigenvalue weighted by molar-refractivity contribution is -0.133. The summed E-state index contributed by atoms with van der Waals surface area (Å²) in [6.07, 6.45) is 0. The Balaban J connectivity index is 1.72. The third kappa shape index (κ3) is 3.81. The molecule has 142 valence electrons. The smallest absolute Gasteiger partial charge is 0.314 e. The Kier molecular flexibility index (Phi) is 5.20. The maximum Gasteiger partial charge on any atom is 0.314 e. The zero-order chi connectivity index (χ0) is 19.4. The third-order valence-corrected chi connectivity index (χ3v) is 3.76. The van der Waals surface area contributed by atoms with Crippen LogP contribution in [-0.2, 0) is 9.59 Å². The molecule has 0 unspecified atom stereocenters. The molecular formula is C18H18N2O7. The Morgan fingerprint density at radius 1 is 0.815 bits per heavy atom. The first-order valence-corrected chi connectivity index (χ1v) is 7.87. The van der Waals surface area contributed by atoms with Gasteiger partial charge in [-0.1, -0.05) is 0 Å². The van der Waals surface area contributed by atoms with E-state index in [2.05, 4.69) is 10.6 Å². The minimum absolute atomic E-state index is 0.119. The second-order valence-corrected chi connectivity index (χ2v) is 5.39. The molecule has 9 heteroatoms. The molecule has 1 heterocycles. The van der Waals surface area contributed by atoms with E-state index in [1.54, 1.807) is 18.2 Å².